The number of ether oxygens (including phenoxy) is 2. The minimum absolute atomic E-state index is 0.0419. The van der Waals surface area contributed by atoms with Crippen LogP contribution >= 0.6 is 0 Å². The van der Waals surface area contributed by atoms with Crippen molar-refractivity contribution < 1.29 is 22.7 Å². The number of H-pyrrole nitrogens is 1. The predicted octanol–water partition coefficient (Wildman–Crippen LogP) is 3.89. The van der Waals surface area contributed by atoms with E-state index in [0.29, 0.717) is 46.7 Å². The Labute approximate surface area is 208 Å². The van der Waals surface area contributed by atoms with Crippen molar-refractivity contribution in [2.75, 3.05) is 13.2 Å². The maximum Gasteiger partial charge on any atom is 0.252 e. The first-order valence-corrected chi connectivity index (χ1v) is 12.9. The van der Waals surface area contributed by atoms with Crippen LogP contribution in [0.3, 0.4) is 0 Å². The minimum Gasteiger partial charge on any atom is -0.486 e. The third kappa shape index (κ3) is 4.75. The zero-order valence-corrected chi connectivity index (χ0v) is 20.4. The Bertz CT molecular complexity index is 1600. The Morgan fingerprint density at radius 2 is 1.58 bits per heavy atom. The zero-order chi connectivity index (χ0) is 25.3. The van der Waals surface area contributed by atoms with Crippen LogP contribution in [0.25, 0.3) is 10.9 Å². The smallest absolute Gasteiger partial charge is 0.252 e. The molecule has 0 bridgehead atoms. The molecule has 1 aliphatic rings. The maximum atomic E-state index is 13.7. The standard InChI is InChI=1S/C27H24N2O6S/c1-18(30)20-7-9-23(10-8-20)36(32,33)29(16-19-5-3-2-4-6-19)17-22-13-21-14-25-26(35-12-11-34-25)15-24(21)28-27(22)31/h2-10,13-15H,11-12,16-17H2,1H3,(H,28,31). The molecule has 1 aliphatic heterocycles. The molecule has 4 aromatic rings. The summed E-state index contributed by atoms with van der Waals surface area (Å²) in [5.74, 6) is 0.977. The second-order valence-corrected chi connectivity index (χ2v) is 10.5. The average Bonchev–Trinajstić information content (AvgIpc) is 2.88. The van der Waals surface area contributed by atoms with E-state index >= 15 is 0 Å². The second kappa shape index (κ2) is 9.60. The summed E-state index contributed by atoms with van der Waals surface area (Å²) < 4.78 is 39.9. The quantitative estimate of drug-likeness (QED) is 0.383. The van der Waals surface area contributed by atoms with Gasteiger partial charge in [0.15, 0.2) is 17.3 Å². The predicted molar refractivity (Wildman–Crippen MR) is 135 cm³/mol. The SMILES string of the molecule is CC(=O)c1ccc(S(=O)(=O)N(Cc2ccccc2)Cc2cc3cc4c(cc3[nH]c2=O)OCCO4)cc1. The molecule has 0 fully saturated rings. The van der Waals surface area contributed by atoms with E-state index in [9.17, 15) is 18.0 Å². The summed E-state index contributed by atoms with van der Waals surface area (Å²) in [5.41, 5.74) is 1.67. The first-order valence-electron chi connectivity index (χ1n) is 11.4. The van der Waals surface area contributed by atoms with Crippen LogP contribution in [0, 0.1) is 0 Å². The summed E-state index contributed by atoms with van der Waals surface area (Å²) in [5, 5.41) is 0.705. The van der Waals surface area contributed by atoms with E-state index < -0.39 is 10.0 Å². The number of aromatic amines is 1. The van der Waals surface area contributed by atoms with Crippen molar-refractivity contribution in [2.24, 2.45) is 0 Å². The fourth-order valence-electron chi connectivity index (χ4n) is 4.12. The minimum atomic E-state index is -4.00. The molecule has 0 atom stereocenters. The number of ketones is 1. The molecule has 5 rings (SSSR count). The van der Waals surface area contributed by atoms with Crippen LogP contribution in [0.4, 0.5) is 0 Å². The Hall–Kier alpha value is -3.95. The van der Waals surface area contributed by atoms with E-state index in [1.165, 1.54) is 35.5 Å². The number of nitrogens with zero attached hydrogens (tertiary/aromatic N) is 1. The Morgan fingerprint density at radius 1 is 0.917 bits per heavy atom. The molecule has 0 spiro atoms. The number of Topliss-reactive ketones (excluding diaryl/α,β-unsaturated/α-hetero) is 1. The van der Waals surface area contributed by atoms with Gasteiger partial charge in [-0.05, 0) is 36.8 Å². The molecule has 1 N–H and O–H groups in total. The summed E-state index contributed by atoms with van der Waals surface area (Å²) >= 11 is 0. The highest BCUT2D eigenvalue weighted by molar-refractivity contribution is 7.89. The second-order valence-electron chi connectivity index (χ2n) is 8.55. The lowest BCUT2D eigenvalue weighted by Crippen LogP contribution is -2.32. The van der Waals surface area contributed by atoms with E-state index in [1.807, 2.05) is 30.3 Å². The van der Waals surface area contributed by atoms with Crippen LogP contribution < -0.4 is 15.0 Å². The molecular formula is C27H24N2O6S. The van der Waals surface area contributed by atoms with Crippen molar-refractivity contribution >= 4 is 26.7 Å². The van der Waals surface area contributed by atoms with E-state index in [2.05, 4.69) is 4.98 Å². The molecule has 3 aromatic carbocycles. The summed E-state index contributed by atoms with van der Waals surface area (Å²) in [4.78, 5) is 27.5. The van der Waals surface area contributed by atoms with Gasteiger partial charge in [-0.1, -0.05) is 42.5 Å². The number of sulfonamides is 1. The topological polar surface area (TPSA) is 106 Å². The summed E-state index contributed by atoms with van der Waals surface area (Å²) in [6.45, 7) is 2.20. The van der Waals surface area contributed by atoms with Crippen molar-refractivity contribution in [1.82, 2.24) is 9.29 Å². The number of pyridine rings is 1. The molecule has 0 saturated heterocycles. The van der Waals surface area contributed by atoms with Crippen LogP contribution in [-0.2, 0) is 23.1 Å². The molecule has 184 valence electrons. The normalized spacial score (nSPS) is 13.2. The fourth-order valence-corrected chi connectivity index (χ4v) is 5.53. The van der Waals surface area contributed by atoms with Crippen molar-refractivity contribution in [2.45, 2.75) is 24.9 Å². The van der Waals surface area contributed by atoms with Gasteiger partial charge in [0, 0.05) is 35.7 Å². The van der Waals surface area contributed by atoms with Crippen LogP contribution in [0.2, 0.25) is 0 Å². The third-order valence-corrected chi connectivity index (χ3v) is 7.84. The highest BCUT2D eigenvalue weighted by Gasteiger charge is 2.26. The lowest BCUT2D eigenvalue weighted by molar-refractivity contribution is 0.101. The molecule has 1 aromatic heterocycles. The lowest BCUT2D eigenvalue weighted by Gasteiger charge is -2.23. The van der Waals surface area contributed by atoms with Gasteiger partial charge in [0.2, 0.25) is 10.0 Å². The Morgan fingerprint density at radius 3 is 2.25 bits per heavy atom. The van der Waals surface area contributed by atoms with Gasteiger partial charge in [0.05, 0.1) is 10.4 Å². The highest BCUT2D eigenvalue weighted by Crippen LogP contribution is 2.34. The summed E-state index contributed by atoms with van der Waals surface area (Å²) in [6, 6.07) is 20.1. The van der Waals surface area contributed by atoms with Crippen LogP contribution in [0.5, 0.6) is 11.5 Å². The first-order chi connectivity index (χ1) is 17.3. The van der Waals surface area contributed by atoms with E-state index in [-0.39, 0.29) is 29.3 Å². The maximum absolute atomic E-state index is 13.7. The van der Waals surface area contributed by atoms with Crippen molar-refractivity contribution in [3.63, 3.8) is 0 Å². The molecule has 9 heteroatoms. The van der Waals surface area contributed by atoms with Gasteiger partial charge < -0.3 is 14.5 Å². The Kier molecular flexibility index (Phi) is 6.34. The summed E-state index contributed by atoms with van der Waals surface area (Å²) in [7, 11) is -4.00. The van der Waals surface area contributed by atoms with Gasteiger partial charge in [0.1, 0.15) is 13.2 Å². The van der Waals surface area contributed by atoms with Crippen LogP contribution in [0.15, 0.2) is 82.5 Å². The van der Waals surface area contributed by atoms with Crippen molar-refractivity contribution in [3.8, 4) is 11.5 Å². The molecular weight excluding hydrogens is 480 g/mol. The van der Waals surface area contributed by atoms with E-state index in [4.69, 9.17) is 9.47 Å². The third-order valence-electron chi connectivity index (χ3n) is 6.03. The number of hydrogen-bond donors (Lipinski definition) is 1. The van der Waals surface area contributed by atoms with Gasteiger partial charge in [0.25, 0.3) is 5.56 Å². The first kappa shape index (κ1) is 23.8. The Balaban J connectivity index is 1.54. The van der Waals surface area contributed by atoms with Gasteiger partial charge in [-0.15, -0.1) is 0 Å². The number of fused-ring (bicyclic) bond motifs is 2. The van der Waals surface area contributed by atoms with E-state index in [0.717, 1.165) is 5.56 Å². The van der Waals surface area contributed by atoms with Crippen molar-refractivity contribution in [3.05, 3.63) is 99.8 Å². The van der Waals surface area contributed by atoms with Gasteiger partial charge >= 0.3 is 0 Å². The molecule has 2 heterocycles. The molecule has 0 unspecified atom stereocenters. The monoisotopic (exact) mass is 504 g/mol. The average molecular weight is 505 g/mol. The van der Waals surface area contributed by atoms with Crippen molar-refractivity contribution in [1.29, 1.82) is 0 Å². The largest absolute Gasteiger partial charge is 0.486 e. The number of benzene rings is 3. The van der Waals surface area contributed by atoms with E-state index in [1.54, 1.807) is 18.2 Å². The zero-order valence-electron chi connectivity index (χ0n) is 19.6. The number of aromatic nitrogens is 1. The van der Waals surface area contributed by atoms with Gasteiger partial charge in [-0.3, -0.25) is 9.59 Å². The van der Waals surface area contributed by atoms with Crippen LogP contribution in [-0.4, -0.2) is 36.7 Å². The molecule has 8 nitrogen and oxygen atoms in total. The number of carbonyl (C=O) groups is 1. The number of carbonyl (C=O) groups excluding carboxylic acids is 1. The number of hydrogen-bond acceptors (Lipinski definition) is 6. The number of rotatable bonds is 7. The van der Waals surface area contributed by atoms with Gasteiger partial charge in [-0.25, -0.2) is 8.42 Å². The number of nitrogens with one attached hydrogen (secondary N) is 1. The molecule has 0 radical (unpaired) electrons. The molecule has 36 heavy (non-hydrogen) atoms. The fraction of sp³-hybridized carbons (Fsp3) is 0.185. The highest BCUT2D eigenvalue weighted by atomic mass is 32.2. The molecule has 0 aliphatic carbocycles. The van der Waals surface area contributed by atoms with Crippen LogP contribution in [0.1, 0.15) is 28.4 Å². The van der Waals surface area contributed by atoms with Gasteiger partial charge in [-0.2, -0.15) is 4.31 Å². The summed E-state index contributed by atoms with van der Waals surface area (Å²) in [6.07, 6.45) is 0. The molecule has 0 saturated carbocycles. The molecule has 0 amide bonds. The lowest BCUT2D eigenvalue weighted by atomic mass is 10.1.